The molecule has 0 atom stereocenters. The molecular weight excluding hydrogens is 256 g/mol. The standard InChI is InChI=1S/C16H14O4/c1-9-3-4-11(7-10(9)2)14-8-12(15(17)18)5-6-13(14)16(19)20/h3-8H,1-2H3,(H,17,18)(H,19,20). The maximum absolute atomic E-state index is 11.3. The number of carboxylic acid groups (broad SMARTS) is 2. The zero-order valence-corrected chi connectivity index (χ0v) is 11.2. The summed E-state index contributed by atoms with van der Waals surface area (Å²) < 4.78 is 0. The molecule has 0 aliphatic carbocycles. The Hall–Kier alpha value is -2.62. The van der Waals surface area contributed by atoms with Crippen molar-refractivity contribution in [3.63, 3.8) is 0 Å². The van der Waals surface area contributed by atoms with Crippen LogP contribution in [0.5, 0.6) is 0 Å². The monoisotopic (exact) mass is 270 g/mol. The van der Waals surface area contributed by atoms with Crippen LogP contribution in [0.25, 0.3) is 11.1 Å². The van der Waals surface area contributed by atoms with Crippen molar-refractivity contribution in [1.82, 2.24) is 0 Å². The molecule has 2 N–H and O–H groups in total. The van der Waals surface area contributed by atoms with Crippen LogP contribution in [0.3, 0.4) is 0 Å². The van der Waals surface area contributed by atoms with Gasteiger partial charge in [-0.25, -0.2) is 9.59 Å². The van der Waals surface area contributed by atoms with Crippen molar-refractivity contribution >= 4 is 11.9 Å². The molecule has 0 saturated heterocycles. The van der Waals surface area contributed by atoms with Crippen LogP contribution in [0.4, 0.5) is 0 Å². The summed E-state index contributed by atoms with van der Waals surface area (Å²) in [4.78, 5) is 22.3. The maximum Gasteiger partial charge on any atom is 0.336 e. The number of aromatic carboxylic acids is 2. The third-order valence-electron chi connectivity index (χ3n) is 3.31. The lowest BCUT2D eigenvalue weighted by molar-refractivity contribution is 0.0682. The average Bonchev–Trinajstić information content (AvgIpc) is 2.41. The van der Waals surface area contributed by atoms with E-state index in [1.807, 2.05) is 26.0 Å². The van der Waals surface area contributed by atoms with E-state index in [2.05, 4.69) is 0 Å². The van der Waals surface area contributed by atoms with E-state index in [4.69, 9.17) is 5.11 Å². The van der Waals surface area contributed by atoms with Gasteiger partial charge in [-0.3, -0.25) is 0 Å². The number of benzene rings is 2. The average molecular weight is 270 g/mol. The number of carboxylic acids is 2. The van der Waals surface area contributed by atoms with Crippen molar-refractivity contribution in [2.24, 2.45) is 0 Å². The predicted molar refractivity (Wildman–Crippen MR) is 75.3 cm³/mol. The molecule has 20 heavy (non-hydrogen) atoms. The molecule has 0 spiro atoms. The van der Waals surface area contributed by atoms with Crippen LogP contribution in [-0.4, -0.2) is 22.2 Å². The Bertz CT molecular complexity index is 702. The molecule has 0 fully saturated rings. The highest BCUT2D eigenvalue weighted by molar-refractivity contribution is 5.99. The van der Waals surface area contributed by atoms with E-state index >= 15 is 0 Å². The van der Waals surface area contributed by atoms with E-state index in [-0.39, 0.29) is 11.1 Å². The summed E-state index contributed by atoms with van der Waals surface area (Å²) in [5, 5.41) is 18.3. The van der Waals surface area contributed by atoms with Gasteiger partial charge in [0.2, 0.25) is 0 Å². The Morgan fingerprint density at radius 3 is 2.10 bits per heavy atom. The molecule has 4 nitrogen and oxygen atoms in total. The topological polar surface area (TPSA) is 74.6 Å². The van der Waals surface area contributed by atoms with E-state index in [1.54, 1.807) is 6.07 Å². The second kappa shape index (κ2) is 5.17. The first-order valence-corrected chi connectivity index (χ1v) is 6.08. The Kier molecular flexibility index (Phi) is 3.57. The zero-order chi connectivity index (χ0) is 14.9. The van der Waals surface area contributed by atoms with Gasteiger partial charge < -0.3 is 10.2 Å². The molecule has 2 aromatic rings. The smallest absolute Gasteiger partial charge is 0.336 e. The lowest BCUT2D eigenvalue weighted by Crippen LogP contribution is -2.03. The normalized spacial score (nSPS) is 10.3. The lowest BCUT2D eigenvalue weighted by Gasteiger charge is -2.10. The molecule has 2 aromatic carbocycles. The summed E-state index contributed by atoms with van der Waals surface area (Å²) in [7, 11) is 0. The van der Waals surface area contributed by atoms with Gasteiger partial charge in [0.25, 0.3) is 0 Å². The van der Waals surface area contributed by atoms with Crippen LogP contribution in [0.15, 0.2) is 36.4 Å². The molecule has 0 aliphatic heterocycles. The number of hydrogen-bond donors (Lipinski definition) is 2. The van der Waals surface area contributed by atoms with Crippen LogP contribution in [0.2, 0.25) is 0 Å². The minimum atomic E-state index is -1.08. The van der Waals surface area contributed by atoms with Crippen molar-refractivity contribution in [3.05, 3.63) is 58.7 Å². The summed E-state index contributed by atoms with van der Waals surface area (Å²) in [5.41, 5.74) is 3.41. The second-order valence-corrected chi connectivity index (χ2v) is 4.67. The molecule has 0 bridgehead atoms. The van der Waals surface area contributed by atoms with Gasteiger partial charge in [-0.15, -0.1) is 0 Å². The van der Waals surface area contributed by atoms with Crippen molar-refractivity contribution in [2.45, 2.75) is 13.8 Å². The molecule has 102 valence electrons. The predicted octanol–water partition coefficient (Wildman–Crippen LogP) is 3.37. The minimum absolute atomic E-state index is 0.0724. The molecule has 4 heteroatoms. The van der Waals surface area contributed by atoms with Crippen molar-refractivity contribution in [1.29, 1.82) is 0 Å². The van der Waals surface area contributed by atoms with E-state index in [0.29, 0.717) is 11.1 Å². The number of rotatable bonds is 3. The van der Waals surface area contributed by atoms with Gasteiger partial charge in [-0.1, -0.05) is 18.2 Å². The summed E-state index contributed by atoms with van der Waals surface area (Å²) >= 11 is 0. The molecule has 0 unspecified atom stereocenters. The summed E-state index contributed by atoms with van der Waals surface area (Å²) in [5.74, 6) is -2.15. The van der Waals surface area contributed by atoms with Gasteiger partial charge >= 0.3 is 11.9 Å². The quantitative estimate of drug-likeness (QED) is 0.896. The van der Waals surface area contributed by atoms with Crippen molar-refractivity contribution in [2.75, 3.05) is 0 Å². The highest BCUT2D eigenvalue weighted by Gasteiger charge is 2.15. The summed E-state index contributed by atoms with van der Waals surface area (Å²) in [6.45, 7) is 3.89. The maximum atomic E-state index is 11.3. The number of carbonyl (C=O) groups is 2. The first-order valence-electron chi connectivity index (χ1n) is 6.08. The van der Waals surface area contributed by atoms with Crippen molar-refractivity contribution in [3.8, 4) is 11.1 Å². The fraction of sp³-hybridized carbons (Fsp3) is 0.125. The van der Waals surface area contributed by atoms with Gasteiger partial charge in [0, 0.05) is 0 Å². The number of hydrogen-bond acceptors (Lipinski definition) is 2. The third kappa shape index (κ3) is 2.54. The highest BCUT2D eigenvalue weighted by atomic mass is 16.4. The molecule has 0 amide bonds. The second-order valence-electron chi connectivity index (χ2n) is 4.67. The molecule has 0 saturated carbocycles. The van der Waals surface area contributed by atoms with Crippen LogP contribution >= 0.6 is 0 Å². The number of aryl methyl sites for hydroxylation is 2. The van der Waals surface area contributed by atoms with E-state index in [9.17, 15) is 14.7 Å². The molecule has 0 aliphatic rings. The fourth-order valence-electron chi connectivity index (χ4n) is 2.01. The van der Waals surface area contributed by atoms with E-state index in [0.717, 1.165) is 11.1 Å². The van der Waals surface area contributed by atoms with E-state index < -0.39 is 11.9 Å². The van der Waals surface area contributed by atoms with Crippen LogP contribution in [-0.2, 0) is 0 Å². The Morgan fingerprint density at radius 1 is 0.850 bits per heavy atom. The zero-order valence-electron chi connectivity index (χ0n) is 11.2. The molecule has 0 aromatic heterocycles. The van der Waals surface area contributed by atoms with Crippen LogP contribution in [0.1, 0.15) is 31.8 Å². The minimum Gasteiger partial charge on any atom is -0.478 e. The first kappa shape index (κ1) is 13.8. The van der Waals surface area contributed by atoms with Crippen LogP contribution < -0.4 is 0 Å². The van der Waals surface area contributed by atoms with Gasteiger partial charge in [0.05, 0.1) is 11.1 Å². The SMILES string of the molecule is Cc1ccc(-c2cc(C(=O)O)ccc2C(=O)O)cc1C. The Balaban J connectivity index is 2.68. The van der Waals surface area contributed by atoms with E-state index in [1.165, 1.54) is 18.2 Å². The van der Waals surface area contributed by atoms with Gasteiger partial charge in [0.15, 0.2) is 0 Å². The highest BCUT2D eigenvalue weighted by Crippen LogP contribution is 2.27. The molecule has 0 radical (unpaired) electrons. The molecule has 2 rings (SSSR count). The van der Waals surface area contributed by atoms with Crippen LogP contribution in [0, 0.1) is 13.8 Å². The molecular formula is C16H14O4. The van der Waals surface area contributed by atoms with Crippen molar-refractivity contribution < 1.29 is 19.8 Å². The Morgan fingerprint density at radius 2 is 1.55 bits per heavy atom. The summed E-state index contributed by atoms with van der Waals surface area (Å²) in [6, 6.07) is 9.59. The lowest BCUT2D eigenvalue weighted by atomic mass is 9.95. The Labute approximate surface area is 116 Å². The fourth-order valence-corrected chi connectivity index (χ4v) is 2.01. The van der Waals surface area contributed by atoms with Gasteiger partial charge in [-0.05, 0) is 54.3 Å². The van der Waals surface area contributed by atoms with Gasteiger partial charge in [-0.2, -0.15) is 0 Å². The largest absolute Gasteiger partial charge is 0.478 e. The molecule has 0 heterocycles. The summed E-state index contributed by atoms with van der Waals surface area (Å²) in [6.07, 6.45) is 0. The third-order valence-corrected chi connectivity index (χ3v) is 3.31. The first-order chi connectivity index (χ1) is 9.40. The van der Waals surface area contributed by atoms with Gasteiger partial charge in [0.1, 0.15) is 0 Å².